The number of halogens is 4. The highest BCUT2D eigenvalue weighted by Gasteiger charge is 2.68. The highest BCUT2D eigenvalue weighted by molar-refractivity contribution is 5.62. The molecule has 0 aromatic carbocycles. The molecule has 9 heteroatoms. The molecule has 32 heavy (non-hydrogen) atoms. The number of aromatic nitrogens is 3. The van der Waals surface area contributed by atoms with Crippen LogP contribution in [0.25, 0.3) is 11.3 Å². The van der Waals surface area contributed by atoms with Crippen molar-refractivity contribution in [1.82, 2.24) is 14.5 Å². The Bertz CT molecular complexity index is 965. The van der Waals surface area contributed by atoms with Crippen LogP contribution >= 0.6 is 0 Å². The van der Waals surface area contributed by atoms with E-state index in [1.54, 1.807) is 6.20 Å². The lowest BCUT2D eigenvalue weighted by Gasteiger charge is -2.66. The van der Waals surface area contributed by atoms with Crippen LogP contribution in [0.4, 0.5) is 23.4 Å². The number of pyridine rings is 1. The highest BCUT2D eigenvalue weighted by Crippen LogP contribution is 2.71. The molecule has 3 fully saturated rings. The van der Waals surface area contributed by atoms with E-state index >= 15 is 0 Å². The molecule has 0 aliphatic heterocycles. The SMILES string of the molecule is CC(C)[C@@H](O)c1nc(-c2cnc(N)c(C(F)(F)F)c2)cn1CCCCCC12CC(F)(C1)C2. The van der Waals surface area contributed by atoms with Crippen molar-refractivity contribution in [2.24, 2.45) is 11.3 Å². The summed E-state index contributed by atoms with van der Waals surface area (Å²) >= 11 is 0. The number of aliphatic hydroxyl groups is 1. The quantitative estimate of drug-likeness (QED) is 0.377. The van der Waals surface area contributed by atoms with Gasteiger partial charge in [-0.15, -0.1) is 0 Å². The van der Waals surface area contributed by atoms with Crippen LogP contribution in [-0.4, -0.2) is 25.3 Å². The molecule has 0 spiro atoms. The first-order chi connectivity index (χ1) is 14.9. The zero-order chi connectivity index (χ0) is 23.3. The number of nitrogens with zero attached hydrogens (tertiary/aromatic N) is 3. The lowest BCUT2D eigenvalue weighted by Crippen LogP contribution is -2.64. The van der Waals surface area contributed by atoms with Crippen molar-refractivity contribution in [1.29, 1.82) is 0 Å². The zero-order valence-corrected chi connectivity index (χ0v) is 18.4. The van der Waals surface area contributed by atoms with Crippen LogP contribution in [-0.2, 0) is 12.7 Å². The summed E-state index contributed by atoms with van der Waals surface area (Å²) in [6.07, 6.45) is 3.51. The van der Waals surface area contributed by atoms with E-state index in [1.165, 1.54) is 6.20 Å². The Labute approximate surface area is 185 Å². The minimum atomic E-state index is -4.61. The number of alkyl halides is 4. The van der Waals surface area contributed by atoms with Gasteiger partial charge in [0, 0.05) is 24.5 Å². The number of anilines is 1. The van der Waals surface area contributed by atoms with Gasteiger partial charge in [-0.2, -0.15) is 13.2 Å². The second-order valence-corrected chi connectivity index (χ2v) is 10.0. The van der Waals surface area contributed by atoms with Crippen molar-refractivity contribution in [3.05, 3.63) is 29.8 Å². The summed E-state index contributed by atoms with van der Waals surface area (Å²) in [6, 6.07) is 0.946. The molecule has 2 aromatic heterocycles. The summed E-state index contributed by atoms with van der Waals surface area (Å²) in [5, 5.41) is 10.6. The summed E-state index contributed by atoms with van der Waals surface area (Å²) in [4.78, 5) is 8.14. The molecule has 0 unspecified atom stereocenters. The third-order valence-corrected chi connectivity index (χ3v) is 6.90. The van der Waals surface area contributed by atoms with E-state index in [2.05, 4.69) is 9.97 Å². The fourth-order valence-corrected chi connectivity index (χ4v) is 5.21. The van der Waals surface area contributed by atoms with E-state index in [0.717, 1.165) is 31.7 Å². The maximum atomic E-state index is 13.6. The third-order valence-electron chi connectivity index (χ3n) is 6.90. The number of nitrogen functional groups attached to an aromatic ring is 1. The summed E-state index contributed by atoms with van der Waals surface area (Å²) in [6.45, 7) is 4.31. The minimum absolute atomic E-state index is 0.100. The molecule has 5 rings (SSSR count). The van der Waals surface area contributed by atoms with Crippen LogP contribution in [0.2, 0.25) is 0 Å². The Morgan fingerprint density at radius 3 is 2.47 bits per heavy atom. The highest BCUT2D eigenvalue weighted by atomic mass is 19.4. The average Bonchev–Trinajstić information content (AvgIpc) is 3.08. The van der Waals surface area contributed by atoms with E-state index in [4.69, 9.17) is 5.73 Å². The predicted octanol–water partition coefficient (Wildman–Crippen LogP) is 5.69. The molecule has 2 bridgehead atoms. The Morgan fingerprint density at radius 2 is 1.88 bits per heavy atom. The maximum absolute atomic E-state index is 13.6. The number of unbranched alkanes of at least 4 members (excludes halogenated alkanes) is 2. The molecule has 3 N–H and O–H groups in total. The largest absolute Gasteiger partial charge is 0.419 e. The molecule has 3 aliphatic carbocycles. The van der Waals surface area contributed by atoms with Gasteiger partial charge < -0.3 is 15.4 Å². The Morgan fingerprint density at radius 1 is 1.19 bits per heavy atom. The second-order valence-electron chi connectivity index (χ2n) is 10.0. The molecule has 0 amide bonds. The lowest BCUT2D eigenvalue weighted by molar-refractivity contribution is -0.217. The summed E-state index contributed by atoms with van der Waals surface area (Å²) in [7, 11) is 0. The van der Waals surface area contributed by atoms with E-state index < -0.39 is 29.3 Å². The number of hydrogen-bond acceptors (Lipinski definition) is 4. The standard InChI is InChI=1S/C23H30F4N4O/c1-14(2)18(32)20-30-17(15-8-16(23(25,26)27)19(28)29-9-15)10-31(20)7-5-3-4-6-21-11-22(24,12-21)13-21/h8-10,14,18,32H,3-7,11-13H2,1-2H3,(H2,28,29)/t18-,21?,22?/m1/s1. The van der Waals surface area contributed by atoms with Gasteiger partial charge in [0.25, 0.3) is 0 Å². The van der Waals surface area contributed by atoms with Gasteiger partial charge in [0.05, 0.1) is 11.3 Å². The van der Waals surface area contributed by atoms with E-state index in [9.17, 15) is 22.7 Å². The smallest absolute Gasteiger partial charge is 0.385 e. The van der Waals surface area contributed by atoms with E-state index in [-0.39, 0.29) is 16.9 Å². The number of nitrogens with two attached hydrogens (primary N) is 1. The van der Waals surface area contributed by atoms with Gasteiger partial charge in [0.1, 0.15) is 23.4 Å². The zero-order valence-electron chi connectivity index (χ0n) is 18.4. The lowest BCUT2D eigenvalue weighted by atomic mass is 9.41. The van der Waals surface area contributed by atoms with Crippen molar-refractivity contribution < 1.29 is 22.7 Å². The molecular weight excluding hydrogens is 424 g/mol. The van der Waals surface area contributed by atoms with Crippen LogP contribution in [0, 0.1) is 11.3 Å². The molecule has 176 valence electrons. The first-order valence-electron chi connectivity index (χ1n) is 11.2. The van der Waals surface area contributed by atoms with Gasteiger partial charge >= 0.3 is 6.18 Å². The molecule has 2 aromatic rings. The molecule has 2 heterocycles. The fourth-order valence-electron chi connectivity index (χ4n) is 5.21. The molecule has 1 atom stereocenters. The van der Waals surface area contributed by atoms with Gasteiger partial charge in [-0.1, -0.05) is 26.7 Å². The second kappa shape index (κ2) is 8.01. The Kier molecular flexibility index (Phi) is 5.76. The van der Waals surface area contributed by atoms with Crippen LogP contribution in [0.3, 0.4) is 0 Å². The van der Waals surface area contributed by atoms with Crippen LogP contribution in [0.1, 0.15) is 76.3 Å². The maximum Gasteiger partial charge on any atom is 0.419 e. The molecule has 0 saturated heterocycles. The van der Waals surface area contributed by atoms with Crippen molar-refractivity contribution in [3.63, 3.8) is 0 Å². The van der Waals surface area contributed by atoms with Gasteiger partial charge in [-0.25, -0.2) is 14.4 Å². The Hall–Kier alpha value is -2.16. The van der Waals surface area contributed by atoms with Crippen LogP contribution in [0.5, 0.6) is 0 Å². The molecule has 3 aliphatic rings. The van der Waals surface area contributed by atoms with Gasteiger partial charge in [-0.05, 0) is 49.5 Å². The topological polar surface area (TPSA) is 77.0 Å². The van der Waals surface area contributed by atoms with Gasteiger partial charge in [0.15, 0.2) is 0 Å². The van der Waals surface area contributed by atoms with Crippen molar-refractivity contribution >= 4 is 5.82 Å². The first-order valence-corrected chi connectivity index (χ1v) is 11.2. The molecular formula is C23H30F4N4O. The first kappa shape index (κ1) is 23.0. The number of aliphatic hydroxyl groups excluding tert-OH is 1. The van der Waals surface area contributed by atoms with Gasteiger partial charge in [-0.3, -0.25) is 0 Å². The van der Waals surface area contributed by atoms with Gasteiger partial charge in [0.2, 0.25) is 0 Å². The van der Waals surface area contributed by atoms with E-state index in [0.29, 0.717) is 37.3 Å². The minimum Gasteiger partial charge on any atom is -0.385 e. The summed E-state index contributed by atoms with van der Waals surface area (Å²) < 4.78 is 55.2. The third kappa shape index (κ3) is 4.36. The molecule has 0 radical (unpaired) electrons. The monoisotopic (exact) mass is 454 g/mol. The predicted molar refractivity (Wildman–Crippen MR) is 113 cm³/mol. The molecule has 5 nitrogen and oxygen atoms in total. The number of rotatable bonds is 9. The van der Waals surface area contributed by atoms with Crippen molar-refractivity contribution in [2.75, 3.05) is 5.73 Å². The number of aryl methyl sites for hydroxylation is 1. The fraction of sp³-hybridized carbons (Fsp3) is 0.652. The summed E-state index contributed by atoms with van der Waals surface area (Å²) in [5.74, 6) is -0.249. The van der Waals surface area contributed by atoms with Crippen molar-refractivity contribution in [3.8, 4) is 11.3 Å². The number of hydrogen-bond donors (Lipinski definition) is 2. The van der Waals surface area contributed by atoms with Crippen molar-refractivity contribution in [2.45, 2.75) is 83.3 Å². The van der Waals surface area contributed by atoms with Crippen LogP contribution < -0.4 is 5.73 Å². The summed E-state index contributed by atoms with van der Waals surface area (Å²) in [5.41, 5.74) is 4.31. The Balaban J connectivity index is 1.45. The number of imidazole rings is 1. The average molecular weight is 455 g/mol. The normalized spacial score (nSPS) is 25.5. The molecule has 3 saturated carbocycles. The van der Waals surface area contributed by atoms with Crippen LogP contribution in [0.15, 0.2) is 18.5 Å². The van der Waals surface area contributed by atoms with E-state index in [1.807, 2.05) is 18.4 Å².